The molecule has 8 heavy (non-hydrogen) atoms. The van der Waals surface area contributed by atoms with Gasteiger partial charge in [-0.2, -0.15) is 0 Å². The molecule has 0 radical (unpaired) electrons. The van der Waals surface area contributed by atoms with Crippen LogP contribution in [0.15, 0.2) is 24.7 Å². The summed E-state index contributed by atoms with van der Waals surface area (Å²) in [5, 5.41) is 0. The fraction of sp³-hybridized carbons (Fsp3) is 0.333. The Morgan fingerprint density at radius 3 is 2.38 bits per heavy atom. The fourth-order valence-electron chi connectivity index (χ4n) is 0.319. The van der Waals surface area contributed by atoms with E-state index in [0.29, 0.717) is 5.82 Å². The molecule has 2 N–H and O–H groups in total. The van der Waals surface area contributed by atoms with Gasteiger partial charge in [0.05, 0.1) is 5.82 Å². The number of hydrogen-bond acceptors (Lipinski definition) is 2. The number of hydrogen-bond donors (Lipinski definition) is 1. The Hall–Kier alpha value is -0.920. The van der Waals surface area contributed by atoms with E-state index in [1.165, 1.54) is 0 Å². The van der Waals surface area contributed by atoms with Gasteiger partial charge in [-0.1, -0.05) is 12.7 Å². The molecule has 0 saturated heterocycles. The first-order valence-corrected chi connectivity index (χ1v) is 2.48. The van der Waals surface area contributed by atoms with Crippen LogP contribution in [0.2, 0.25) is 0 Å². The summed E-state index contributed by atoms with van der Waals surface area (Å²) in [5.41, 5.74) is 5.30. The molecule has 46 valence electrons. The lowest BCUT2D eigenvalue weighted by Gasteiger charge is -2.10. The minimum Gasteiger partial charge on any atom is -0.386 e. The lowest BCUT2D eigenvalue weighted by atomic mass is 10.6. The summed E-state index contributed by atoms with van der Waals surface area (Å²) in [5.74, 6) is 0.558. The van der Waals surface area contributed by atoms with E-state index < -0.39 is 0 Å². The van der Waals surface area contributed by atoms with Crippen molar-refractivity contribution in [2.45, 2.75) is 6.92 Å². The van der Waals surface area contributed by atoms with Gasteiger partial charge in [0.15, 0.2) is 0 Å². The molecular formula is C6H12N2. The topological polar surface area (TPSA) is 29.3 Å². The molecule has 0 aromatic carbocycles. The predicted octanol–water partition coefficient (Wildman–Crippen LogP) is 0.882. The van der Waals surface area contributed by atoms with Gasteiger partial charge in [0.25, 0.3) is 0 Å². The minimum atomic E-state index is 0.558. The summed E-state index contributed by atoms with van der Waals surface area (Å²) in [6.07, 6.45) is 3.75. The largest absolute Gasteiger partial charge is 0.386 e. The van der Waals surface area contributed by atoms with Crippen molar-refractivity contribution in [1.29, 1.82) is 0 Å². The molecule has 0 aliphatic heterocycles. The van der Waals surface area contributed by atoms with Crippen molar-refractivity contribution in [3.8, 4) is 0 Å². The summed E-state index contributed by atoms with van der Waals surface area (Å²) in [7, 11) is 1.85. The second kappa shape index (κ2) is 3.13. The Labute approximate surface area is 50.3 Å². The first-order chi connectivity index (χ1) is 3.68. The normalized spacial score (nSPS) is 9.75. The van der Waals surface area contributed by atoms with Crippen LogP contribution in [0.5, 0.6) is 0 Å². The zero-order valence-electron chi connectivity index (χ0n) is 5.39. The van der Waals surface area contributed by atoms with Gasteiger partial charge in [-0.15, -0.1) is 0 Å². The Morgan fingerprint density at radius 1 is 1.75 bits per heavy atom. The van der Waals surface area contributed by atoms with Gasteiger partial charge < -0.3 is 10.6 Å². The zero-order valence-corrected chi connectivity index (χ0v) is 5.39. The fourth-order valence-corrected chi connectivity index (χ4v) is 0.319. The molecular weight excluding hydrogens is 100 g/mol. The highest BCUT2D eigenvalue weighted by molar-refractivity contribution is 4.92. The van der Waals surface area contributed by atoms with Crippen molar-refractivity contribution < 1.29 is 0 Å². The molecule has 0 aromatic rings. The molecule has 0 atom stereocenters. The Kier molecular flexibility index (Phi) is 2.77. The van der Waals surface area contributed by atoms with Crippen molar-refractivity contribution in [3.05, 3.63) is 24.7 Å². The van der Waals surface area contributed by atoms with E-state index in [4.69, 9.17) is 5.73 Å². The van der Waals surface area contributed by atoms with E-state index in [1.807, 2.05) is 26.2 Å². The van der Waals surface area contributed by atoms with Gasteiger partial charge in [0.1, 0.15) is 0 Å². The summed E-state index contributed by atoms with van der Waals surface area (Å²) in [6, 6.07) is 0. The Balaban J connectivity index is 3.64. The van der Waals surface area contributed by atoms with E-state index in [2.05, 4.69) is 6.58 Å². The molecule has 0 unspecified atom stereocenters. The SMILES string of the molecule is C=C(N)N(C)/C=C\C. The molecule has 0 spiro atoms. The van der Waals surface area contributed by atoms with Crippen molar-refractivity contribution in [3.63, 3.8) is 0 Å². The number of nitrogens with two attached hydrogens (primary N) is 1. The predicted molar refractivity (Wildman–Crippen MR) is 35.9 cm³/mol. The molecule has 0 heterocycles. The van der Waals surface area contributed by atoms with E-state index in [-0.39, 0.29) is 0 Å². The lowest BCUT2D eigenvalue weighted by Crippen LogP contribution is -2.15. The van der Waals surface area contributed by atoms with E-state index in [9.17, 15) is 0 Å². The molecule has 0 bridgehead atoms. The molecule has 0 aromatic heterocycles. The van der Waals surface area contributed by atoms with Crippen molar-refractivity contribution >= 4 is 0 Å². The molecule has 0 fully saturated rings. The van der Waals surface area contributed by atoms with Crippen LogP contribution in [0.4, 0.5) is 0 Å². The molecule has 0 amide bonds. The van der Waals surface area contributed by atoms with Crippen LogP contribution in [-0.4, -0.2) is 11.9 Å². The monoisotopic (exact) mass is 112 g/mol. The van der Waals surface area contributed by atoms with Crippen LogP contribution in [0.25, 0.3) is 0 Å². The van der Waals surface area contributed by atoms with E-state index in [0.717, 1.165) is 0 Å². The highest BCUT2D eigenvalue weighted by Gasteiger charge is 1.85. The summed E-state index contributed by atoms with van der Waals surface area (Å²) in [6.45, 7) is 5.46. The van der Waals surface area contributed by atoms with E-state index in [1.54, 1.807) is 4.90 Å². The van der Waals surface area contributed by atoms with E-state index >= 15 is 0 Å². The van der Waals surface area contributed by atoms with Crippen LogP contribution < -0.4 is 5.73 Å². The maximum Gasteiger partial charge on any atom is 0.0949 e. The number of allylic oxidation sites excluding steroid dienone is 1. The molecule has 0 rings (SSSR count). The maximum atomic E-state index is 5.30. The standard InChI is InChI=1S/C6H12N2/c1-4-5-8(3)6(2)7/h4-5H,2,7H2,1,3H3/b5-4-. The highest BCUT2D eigenvalue weighted by atomic mass is 15.1. The van der Waals surface area contributed by atoms with Crippen LogP contribution in [0.3, 0.4) is 0 Å². The second-order valence-electron chi connectivity index (χ2n) is 1.58. The third kappa shape index (κ3) is 2.29. The van der Waals surface area contributed by atoms with Crippen molar-refractivity contribution in [2.75, 3.05) is 7.05 Å². The molecule has 2 nitrogen and oxygen atoms in total. The number of rotatable bonds is 2. The average molecular weight is 112 g/mol. The Morgan fingerprint density at radius 2 is 2.25 bits per heavy atom. The first-order valence-electron chi connectivity index (χ1n) is 2.48. The molecule has 2 heteroatoms. The highest BCUT2D eigenvalue weighted by Crippen LogP contribution is 1.88. The third-order valence-corrected chi connectivity index (χ3v) is 0.826. The van der Waals surface area contributed by atoms with Crippen molar-refractivity contribution in [2.24, 2.45) is 5.73 Å². The second-order valence-corrected chi connectivity index (χ2v) is 1.58. The summed E-state index contributed by atoms with van der Waals surface area (Å²) < 4.78 is 0. The lowest BCUT2D eigenvalue weighted by molar-refractivity contribution is 0.563. The molecule has 0 aliphatic carbocycles. The van der Waals surface area contributed by atoms with Crippen LogP contribution in [0.1, 0.15) is 6.92 Å². The average Bonchev–Trinajstić information content (AvgIpc) is 1.67. The summed E-state index contributed by atoms with van der Waals surface area (Å²) in [4.78, 5) is 1.75. The van der Waals surface area contributed by atoms with Crippen molar-refractivity contribution in [1.82, 2.24) is 4.90 Å². The summed E-state index contributed by atoms with van der Waals surface area (Å²) >= 11 is 0. The zero-order chi connectivity index (χ0) is 6.57. The van der Waals surface area contributed by atoms with Crippen LogP contribution >= 0.6 is 0 Å². The smallest absolute Gasteiger partial charge is 0.0949 e. The molecule has 0 saturated carbocycles. The maximum absolute atomic E-state index is 5.30. The first kappa shape index (κ1) is 7.08. The van der Waals surface area contributed by atoms with Gasteiger partial charge in [0.2, 0.25) is 0 Å². The van der Waals surface area contributed by atoms with Gasteiger partial charge in [-0.25, -0.2) is 0 Å². The number of nitrogens with zero attached hydrogens (tertiary/aromatic N) is 1. The minimum absolute atomic E-state index is 0.558. The Bertz CT molecular complexity index is 105. The van der Waals surface area contributed by atoms with Crippen LogP contribution in [0, 0.1) is 0 Å². The molecule has 0 aliphatic rings. The van der Waals surface area contributed by atoms with Gasteiger partial charge in [0, 0.05) is 13.2 Å². The quantitative estimate of drug-likeness (QED) is 0.574. The van der Waals surface area contributed by atoms with Gasteiger partial charge in [-0.3, -0.25) is 0 Å². The van der Waals surface area contributed by atoms with Gasteiger partial charge >= 0.3 is 0 Å². The van der Waals surface area contributed by atoms with Crippen LogP contribution in [-0.2, 0) is 0 Å². The third-order valence-electron chi connectivity index (χ3n) is 0.826. The van der Waals surface area contributed by atoms with Gasteiger partial charge in [-0.05, 0) is 6.92 Å².